The highest BCUT2D eigenvalue weighted by molar-refractivity contribution is 5.55. The molecule has 1 saturated heterocycles. The fraction of sp³-hybridized carbons (Fsp3) is 0.385. The predicted octanol–water partition coefficient (Wildman–Crippen LogP) is 2.92. The van der Waals surface area contributed by atoms with Crippen molar-refractivity contribution in [1.29, 1.82) is 0 Å². The van der Waals surface area contributed by atoms with Gasteiger partial charge in [0.05, 0.1) is 4.92 Å². The van der Waals surface area contributed by atoms with Crippen molar-refractivity contribution in [2.75, 3.05) is 18.0 Å². The third-order valence-electron chi connectivity index (χ3n) is 3.00. The summed E-state index contributed by atoms with van der Waals surface area (Å²) in [5.74, 6) is 0. The van der Waals surface area contributed by atoms with E-state index in [0.29, 0.717) is 0 Å². The molecule has 1 aliphatic rings. The van der Waals surface area contributed by atoms with Gasteiger partial charge in [0.15, 0.2) is 0 Å². The summed E-state index contributed by atoms with van der Waals surface area (Å²) in [6, 6.07) is 7.91. The number of rotatable bonds is 3. The Morgan fingerprint density at radius 2 is 1.76 bits per heavy atom. The summed E-state index contributed by atoms with van der Waals surface area (Å²) in [5, 5.41) is 10.2. The fourth-order valence-corrected chi connectivity index (χ4v) is 2.10. The van der Waals surface area contributed by atoms with Gasteiger partial charge in [-0.1, -0.05) is 12.1 Å². The molecule has 4 heteroatoms. The van der Waals surface area contributed by atoms with Gasteiger partial charge in [0.2, 0.25) is 6.20 Å². The van der Waals surface area contributed by atoms with Crippen LogP contribution in [0.5, 0.6) is 0 Å². The van der Waals surface area contributed by atoms with Gasteiger partial charge in [-0.05, 0) is 37.0 Å². The van der Waals surface area contributed by atoms with Crippen LogP contribution < -0.4 is 4.90 Å². The zero-order chi connectivity index (χ0) is 12.1. The zero-order valence-corrected chi connectivity index (χ0v) is 9.71. The van der Waals surface area contributed by atoms with Gasteiger partial charge in [0.1, 0.15) is 0 Å². The van der Waals surface area contributed by atoms with E-state index >= 15 is 0 Å². The Balaban J connectivity index is 2.04. The molecule has 0 amide bonds. The maximum Gasteiger partial charge on any atom is 0.235 e. The van der Waals surface area contributed by atoms with E-state index in [2.05, 4.69) is 4.90 Å². The Bertz CT molecular complexity index is 406. The number of hydrogen-bond acceptors (Lipinski definition) is 3. The SMILES string of the molecule is O=[N+]([O-])/C=C\c1ccc(N2CCCCC2)cc1. The molecule has 0 atom stereocenters. The van der Waals surface area contributed by atoms with Crippen LogP contribution in [0.15, 0.2) is 30.5 Å². The average Bonchev–Trinajstić information content (AvgIpc) is 2.38. The van der Waals surface area contributed by atoms with Crippen molar-refractivity contribution in [3.63, 3.8) is 0 Å². The average molecular weight is 232 g/mol. The second-order valence-corrected chi connectivity index (χ2v) is 4.24. The van der Waals surface area contributed by atoms with Crippen LogP contribution in [0.2, 0.25) is 0 Å². The minimum Gasteiger partial charge on any atom is -0.372 e. The van der Waals surface area contributed by atoms with Crippen LogP contribution in [0.1, 0.15) is 24.8 Å². The number of nitro groups is 1. The summed E-state index contributed by atoms with van der Waals surface area (Å²) in [5.41, 5.74) is 2.07. The van der Waals surface area contributed by atoms with Crippen LogP contribution in [-0.4, -0.2) is 18.0 Å². The Morgan fingerprint density at radius 3 is 2.35 bits per heavy atom. The maximum atomic E-state index is 10.2. The third-order valence-corrected chi connectivity index (χ3v) is 3.00. The van der Waals surface area contributed by atoms with Gasteiger partial charge in [-0.25, -0.2) is 0 Å². The van der Waals surface area contributed by atoms with E-state index in [4.69, 9.17) is 0 Å². The molecule has 1 aliphatic heterocycles. The largest absolute Gasteiger partial charge is 0.372 e. The van der Waals surface area contributed by atoms with Gasteiger partial charge in [0, 0.05) is 24.9 Å². The summed E-state index contributed by atoms with van der Waals surface area (Å²) in [7, 11) is 0. The van der Waals surface area contributed by atoms with Crippen molar-refractivity contribution in [3.8, 4) is 0 Å². The maximum absolute atomic E-state index is 10.2. The summed E-state index contributed by atoms with van der Waals surface area (Å²) in [6.45, 7) is 2.23. The van der Waals surface area contributed by atoms with E-state index in [1.807, 2.05) is 24.3 Å². The Hall–Kier alpha value is -1.84. The zero-order valence-electron chi connectivity index (χ0n) is 9.71. The molecule has 1 aromatic carbocycles. The first-order valence-corrected chi connectivity index (χ1v) is 5.92. The molecule has 1 heterocycles. The van der Waals surface area contributed by atoms with Crippen LogP contribution >= 0.6 is 0 Å². The quantitative estimate of drug-likeness (QED) is 0.594. The van der Waals surface area contributed by atoms with Gasteiger partial charge in [0.25, 0.3) is 0 Å². The molecule has 0 spiro atoms. The van der Waals surface area contributed by atoms with Crippen LogP contribution in [0.4, 0.5) is 5.69 Å². The molecule has 17 heavy (non-hydrogen) atoms. The van der Waals surface area contributed by atoms with Gasteiger partial charge >= 0.3 is 0 Å². The van der Waals surface area contributed by atoms with Crippen molar-refractivity contribution in [3.05, 3.63) is 46.1 Å². The fourth-order valence-electron chi connectivity index (χ4n) is 2.10. The highest BCUT2D eigenvalue weighted by Gasteiger charge is 2.09. The van der Waals surface area contributed by atoms with Gasteiger partial charge in [-0.2, -0.15) is 0 Å². The van der Waals surface area contributed by atoms with E-state index in [-0.39, 0.29) is 0 Å². The van der Waals surface area contributed by atoms with E-state index < -0.39 is 4.92 Å². The summed E-state index contributed by atoms with van der Waals surface area (Å²) >= 11 is 0. The van der Waals surface area contributed by atoms with Crippen LogP contribution in [0.25, 0.3) is 6.08 Å². The number of hydrogen-bond donors (Lipinski definition) is 0. The molecular formula is C13H16N2O2. The normalized spacial score (nSPS) is 16.4. The molecule has 0 saturated carbocycles. The highest BCUT2D eigenvalue weighted by Crippen LogP contribution is 2.20. The number of nitrogens with zero attached hydrogens (tertiary/aromatic N) is 2. The number of benzene rings is 1. The molecular weight excluding hydrogens is 216 g/mol. The lowest BCUT2D eigenvalue weighted by Crippen LogP contribution is -2.29. The molecule has 0 aliphatic carbocycles. The molecule has 0 unspecified atom stereocenters. The first-order valence-electron chi connectivity index (χ1n) is 5.92. The lowest BCUT2D eigenvalue weighted by molar-refractivity contribution is -0.400. The lowest BCUT2D eigenvalue weighted by Gasteiger charge is -2.28. The van der Waals surface area contributed by atoms with E-state index in [1.54, 1.807) is 0 Å². The summed E-state index contributed by atoms with van der Waals surface area (Å²) < 4.78 is 0. The topological polar surface area (TPSA) is 46.4 Å². The van der Waals surface area contributed by atoms with Crippen molar-refractivity contribution in [2.24, 2.45) is 0 Å². The lowest BCUT2D eigenvalue weighted by atomic mass is 10.1. The predicted molar refractivity (Wildman–Crippen MR) is 68.5 cm³/mol. The number of anilines is 1. The Kier molecular flexibility index (Phi) is 3.75. The monoisotopic (exact) mass is 232 g/mol. The van der Waals surface area contributed by atoms with E-state index in [0.717, 1.165) is 24.9 Å². The molecule has 1 aromatic rings. The van der Waals surface area contributed by atoms with E-state index in [1.165, 1.54) is 31.0 Å². The van der Waals surface area contributed by atoms with Gasteiger partial charge in [-0.3, -0.25) is 10.1 Å². The summed E-state index contributed by atoms with van der Waals surface area (Å²) in [4.78, 5) is 12.1. The Morgan fingerprint density at radius 1 is 1.12 bits per heavy atom. The molecule has 0 bridgehead atoms. The summed E-state index contributed by atoms with van der Waals surface area (Å²) in [6.07, 6.45) is 6.31. The van der Waals surface area contributed by atoms with Gasteiger partial charge < -0.3 is 4.90 Å². The first-order chi connectivity index (χ1) is 8.25. The second kappa shape index (κ2) is 5.48. The molecule has 0 aromatic heterocycles. The molecule has 0 radical (unpaired) electrons. The minimum atomic E-state index is -0.446. The third kappa shape index (κ3) is 3.31. The van der Waals surface area contributed by atoms with Crippen LogP contribution in [0.3, 0.4) is 0 Å². The van der Waals surface area contributed by atoms with Crippen molar-refractivity contribution >= 4 is 11.8 Å². The molecule has 90 valence electrons. The Labute approximate surface area is 101 Å². The molecule has 0 N–H and O–H groups in total. The van der Waals surface area contributed by atoms with Crippen molar-refractivity contribution in [1.82, 2.24) is 0 Å². The first kappa shape index (κ1) is 11.6. The highest BCUT2D eigenvalue weighted by atomic mass is 16.6. The molecule has 2 rings (SSSR count). The van der Waals surface area contributed by atoms with Crippen LogP contribution in [-0.2, 0) is 0 Å². The number of piperidine rings is 1. The van der Waals surface area contributed by atoms with Crippen molar-refractivity contribution in [2.45, 2.75) is 19.3 Å². The molecule has 1 fully saturated rings. The van der Waals surface area contributed by atoms with Crippen LogP contribution in [0, 0.1) is 10.1 Å². The second-order valence-electron chi connectivity index (χ2n) is 4.24. The van der Waals surface area contributed by atoms with Gasteiger partial charge in [-0.15, -0.1) is 0 Å². The standard InChI is InChI=1S/C13H16N2O2/c16-15(17)11-8-12-4-6-13(7-5-12)14-9-2-1-3-10-14/h4-8,11H,1-3,9-10H2/b11-8-. The van der Waals surface area contributed by atoms with Crippen molar-refractivity contribution < 1.29 is 4.92 Å². The molecule has 4 nitrogen and oxygen atoms in total. The minimum absolute atomic E-state index is 0.446. The smallest absolute Gasteiger partial charge is 0.235 e. The van der Waals surface area contributed by atoms with E-state index in [9.17, 15) is 10.1 Å².